The minimum Gasteiger partial charge on any atom is -0.284 e. The van der Waals surface area contributed by atoms with E-state index in [1.54, 1.807) is 47.4 Å². The first-order chi connectivity index (χ1) is 9.55. The van der Waals surface area contributed by atoms with E-state index >= 15 is 0 Å². The highest BCUT2D eigenvalue weighted by molar-refractivity contribution is 5.66. The Balaban J connectivity index is 1.98. The van der Waals surface area contributed by atoms with Gasteiger partial charge in [0.05, 0.1) is 5.69 Å². The van der Waals surface area contributed by atoms with Gasteiger partial charge in [-0.05, 0) is 23.8 Å². The van der Waals surface area contributed by atoms with Crippen LogP contribution >= 0.6 is 0 Å². The third-order valence-electron chi connectivity index (χ3n) is 2.86. The van der Waals surface area contributed by atoms with Crippen molar-refractivity contribution in [1.29, 1.82) is 0 Å². The fourth-order valence-corrected chi connectivity index (χ4v) is 1.94. The normalized spacial score (nSPS) is 11.8. The maximum atomic E-state index is 12.8. The molecule has 0 amide bonds. The first-order valence-corrected chi connectivity index (χ1v) is 5.77. The van der Waals surface area contributed by atoms with Crippen molar-refractivity contribution >= 4 is 0 Å². The molecule has 20 heavy (non-hydrogen) atoms. The Hall–Kier alpha value is -2.57. The zero-order valence-electron chi connectivity index (χ0n) is 10.1. The molecule has 0 aliphatic rings. The van der Waals surface area contributed by atoms with E-state index in [-0.39, 0.29) is 5.56 Å². The van der Waals surface area contributed by atoms with Gasteiger partial charge in [-0.3, -0.25) is 5.10 Å². The molecule has 3 rings (SSSR count). The topological polar surface area (TPSA) is 46.5 Å². The van der Waals surface area contributed by atoms with Gasteiger partial charge < -0.3 is 0 Å². The fourth-order valence-electron chi connectivity index (χ4n) is 1.94. The van der Waals surface area contributed by atoms with E-state index in [0.29, 0.717) is 5.56 Å². The van der Waals surface area contributed by atoms with Gasteiger partial charge in [0.2, 0.25) is 0 Å². The molecule has 0 fully saturated rings. The molecule has 7 heteroatoms. The summed E-state index contributed by atoms with van der Waals surface area (Å²) in [5.41, 5.74) is 0.339. The summed E-state index contributed by atoms with van der Waals surface area (Å²) in [6.45, 7) is 0. The van der Waals surface area contributed by atoms with Crippen LogP contribution in [0.25, 0.3) is 16.8 Å². The van der Waals surface area contributed by atoms with Crippen molar-refractivity contribution in [3.63, 3.8) is 0 Å². The van der Waals surface area contributed by atoms with Crippen LogP contribution in [0.2, 0.25) is 0 Å². The number of aromatic amines is 1. The Morgan fingerprint density at radius 1 is 1.10 bits per heavy atom. The lowest BCUT2D eigenvalue weighted by molar-refractivity contribution is -0.140. The molecule has 0 atom stereocenters. The molecule has 3 aromatic rings. The number of nitrogens with zero attached hydrogens (tertiary/aromatic N) is 3. The van der Waals surface area contributed by atoms with Crippen molar-refractivity contribution in [2.24, 2.45) is 0 Å². The van der Waals surface area contributed by atoms with Crippen molar-refractivity contribution in [3.05, 3.63) is 54.6 Å². The van der Waals surface area contributed by atoms with E-state index in [2.05, 4.69) is 15.3 Å². The molecular formula is C13H9F3N4. The number of halogens is 3. The molecule has 0 aliphatic heterocycles. The lowest BCUT2D eigenvalue weighted by Gasteiger charge is -2.07. The van der Waals surface area contributed by atoms with Crippen LogP contribution in [0, 0.1) is 0 Å². The summed E-state index contributed by atoms with van der Waals surface area (Å²) in [5, 5.41) is 9.58. The Morgan fingerprint density at radius 2 is 1.85 bits per heavy atom. The van der Waals surface area contributed by atoms with Crippen LogP contribution in [0.15, 0.2) is 48.9 Å². The summed E-state index contributed by atoms with van der Waals surface area (Å²) in [7, 11) is 0. The van der Waals surface area contributed by atoms with Gasteiger partial charge in [0, 0.05) is 24.2 Å². The number of hydrogen-bond acceptors (Lipinski definition) is 2. The van der Waals surface area contributed by atoms with Gasteiger partial charge in [-0.1, -0.05) is 12.1 Å². The van der Waals surface area contributed by atoms with E-state index in [4.69, 9.17) is 0 Å². The van der Waals surface area contributed by atoms with Crippen molar-refractivity contribution in [2.45, 2.75) is 6.18 Å². The van der Waals surface area contributed by atoms with Crippen LogP contribution in [0.3, 0.4) is 0 Å². The number of benzene rings is 1. The van der Waals surface area contributed by atoms with Crippen LogP contribution in [-0.2, 0) is 6.18 Å². The van der Waals surface area contributed by atoms with Crippen LogP contribution in [0.1, 0.15) is 5.69 Å². The van der Waals surface area contributed by atoms with Gasteiger partial charge in [-0.15, -0.1) is 0 Å². The van der Waals surface area contributed by atoms with Crippen molar-refractivity contribution in [2.75, 3.05) is 0 Å². The van der Waals surface area contributed by atoms with Crippen molar-refractivity contribution in [1.82, 2.24) is 20.0 Å². The van der Waals surface area contributed by atoms with Gasteiger partial charge in [0.1, 0.15) is 0 Å². The monoisotopic (exact) mass is 278 g/mol. The second kappa shape index (κ2) is 4.52. The Morgan fingerprint density at radius 3 is 2.45 bits per heavy atom. The lowest BCUT2D eigenvalue weighted by Crippen LogP contribution is -2.07. The molecule has 4 nitrogen and oxygen atoms in total. The van der Waals surface area contributed by atoms with Gasteiger partial charge in [-0.2, -0.15) is 23.4 Å². The molecule has 0 saturated carbocycles. The SMILES string of the molecule is FC(F)(F)c1n[nH]cc1-c1ccc(-n2cccn2)cc1. The van der Waals surface area contributed by atoms with Gasteiger partial charge in [-0.25, -0.2) is 4.68 Å². The average molecular weight is 278 g/mol. The summed E-state index contributed by atoms with van der Waals surface area (Å²) >= 11 is 0. The molecule has 0 radical (unpaired) electrons. The van der Waals surface area contributed by atoms with Gasteiger partial charge in [0.15, 0.2) is 5.69 Å². The standard InChI is InChI=1S/C13H9F3N4/c14-13(15,16)12-11(8-17-19-12)9-2-4-10(5-3-9)20-7-1-6-18-20/h1-8H,(H,17,19). The third kappa shape index (κ3) is 2.18. The minimum atomic E-state index is -4.48. The van der Waals surface area contributed by atoms with Crippen LogP contribution in [0.5, 0.6) is 0 Å². The molecule has 2 aromatic heterocycles. The molecular weight excluding hydrogens is 269 g/mol. The lowest BCUT2D eigenvalue weighted by atomic mass is 10.1. The Kier molecular flexibility index (Phi) is 2.81. The predicted octanol–water partition coefficient (Wildman–Crippen LogP) is 3.28. The molecule has 102 valence electrons. The number of H-pyrrole nitrogens is 1. The molecule has 1 aromatic carbocycles. The maximum Gasteiger partial charge on any atom is 0.435 e. The summed E-state index contributed by atoms with van der Waals surface area (Å²) in [4.78, 5) is 0. The summed E-state index contributed by atoms with van der Waals surface area (Å²) in [6.07, 6.45) is 0.154. The number of hydrogen-bond donors (Lipinski definition) is 1. The molecule has 0 unspecified atom stereocenters. The molecule has 0 spiro atoms. The van der Waals surface area contributed by atoms with Crippen molar-refractivity contribution in [3.8, 4) is 16.8 Å². The highest BCUT2D eigenvalue weighted by Crippen LogP contribution is 2.35. The second-order valence-electron chi connectivity index (χ2n) is 4.14. The zero-order valence-corrected chi connectivity index (χ0v) is 10.1. The third-order valence-corrected chi connectivity index (χ3v) is 2.86. The largest absolute Gasteiger partial charge is 0.435 e. The van der Waals surface area contributed by atoms with E-state index in [1.807, 2.05) is 0 Å². The Bertz CT molecular complexity index is 696. The van der Waals surface area contributed by atoms with E-state index < -0.39 is 11.9 Å². The van der Waals surface area contributed by atoms with Crippen LogP contribution in [-0.4, -0.2) is 20.0 Å². The maximum absolute atomic E-state index is 12.8. The number of rotatable bonds is 2. The molecule has 0 bridgehead atoms. The van der Waals surface area contributed by atoms with E-state index in [9.17, 15) is 13.2 Å². The molecule has 0 aliphatic carbocycles. The molecule has 2 heterocycles. The highest BCUT2D eigenvalue weighted by atomic mass is 19.4. The number of alkyl halides is 3. The summed E-state index contributed by atoms with van der Waals surface area (Å²) in [6, 6.07) is 8.39. The fraction of sp³-hybridized carbons (Fsp3) is 0.0769. The summed E-state index contributed by atoms with van der Waals surface area (Å²) < 4.78 is 39.9. The molecule has 0 saturated heterocycles. The first-order valence-electron chi connectivity index (χ1n) is 5.77. The summed E-state index contributed by atoms with van der Waals surface area (Å²) in [5.74, 6) is 0. The van der Waals surface area contributed by atoms with E-state index in [0.717, 1.165) is 5.69 Å². The Labute approximate surface area is 111 Å². The number of nitrogens with one attached hydrogen (secondary N) is 1. The first kappa shape index (κ1) is 12.5. The average Bonchev–Trinajstić information content (AvgIpc) is 3.10. The smallest absolute Gasteiger partial charge is 0.284 e. The minimum absolute atomic E-state index is 0.0320. The number of aromatic nitrogens is 4. The van der Waals surface area contributed by atoms with E-state index in [1.165, 1.54) is 6.20 Å². The van der Waals surface area contributed by atoms with Gasteiger partial charge >= 0.3 is 6.18 Å². The predicted molar refractivity (Wildman–Crippen MR) is 66.1 cm³/mol. The second-order valence-corrected chi connectivity index (χ2v) is 4.14. The highest BCUT2D eigenvalue weighted by Gasteiger charge is 2.36. The molecule has 1 N–H and O–H groups in total. The van der Waals surface area contributed by atoms with Crippen LogP contribution < -0.4 is 0 Å². The van der Waals surface area contributed by atoms with Crippen molar-refractivity contribution < 1.29 is 13.2 Å². The zero-order chi connectivity index (χ0) is 14.2. The van der Waals surface area contributed by atoms with Gasteiger partial charge in [0.25, 0.3) is 0 Å². The quantitative estimate of drug-likeness (QED) is 0.782. The van der Waals surface area contributed by atoms with Crippen LogP contribution in [0.4, 0.5) is 13.2 Å².